The number of piperazine rings is 1. The van der Waals surface area contributed by atoms with Gasteiger partial charge in [0.25, 0.3) is 5.91 Å². The smallest absolute Gasteiger partial charge is 0.253 e. The highest BCUT2D eigenvalue weighted by molar-refractivity contribution is 7.89. The topological polar surface area (TPSA) is 69.7 Å². The van der Waals surface area contributed by atoms with E-state index < -0.39 is 10.0 Å². The Morgan fingerprint density at radius 2 is 1.96 bits per heavy atom. The monoisotopic (exact) mass is 363 g/mol. The Morgan fingerprint density at radius 1 is 1.24 bits per heavy atom. The van der Waals surface area contributed by atoms with Crippen molar-refractivity contribution < 1.29 is 13.2 Å². The maximum Gasteiger partial charge on any atom is 0.253 e. The minimum absolute atomic E-state index is 0.112. The molecule has 0 unspecified atom stereocenters. The summed E-state index contributed by atoms with van der Waals surface area (Å²) in [6.45, 7) is 7.20. The minimum atomic E-state index is -3.63. The fourth-order valence-electron chi connectivity index (χ4n) is 3.31. The van der Waals surface area contributed by atoms with Crippen LogP contribution in [0.4, 0.5) is 0 Å². The number of carbonyl (C=O) groups is 1. The van der Waals surface area contributed by atoms with Crippen molar-refractivity contribution in [3.63, 3.8) is 0 Å². The van der Waals surface area contributed by atoms with Gasteiger partial charge in [-0.25, -0.2) is 8.42 Å². The highest BCUT2D eigenvalue weighted by Gasteiger charge is 2.34. The lowest BCUT2D eigenvalue weighted by Crippen LogP contribution is -2.46. The molecule has 6 nitrogen and oxygen atoms in total. The van der Waals surface area contributed by atoms with Crippen molar-refractivity contribution in [3.8, 4) is 0 Å². The summed E-state index contributed by atoms with van der Waals surface area (Å²) in [4.78, 5) is 14.6. The first-order valence-corrected chi connectivity index (χ1v) is 10.1. The maximum atomic E-state index is 13.1. The summed E-state index contributed by atoms with van der Waals surface area (Å²) >= 11 is 0. The Labute approximate surface area is 149 Å². The van der Waals surface area contributed by atoms with Gasteiger partial charge in [-0.05, 0) is 24.1 Å². The first-order chi connectivity index (χ1) is 11.9. The van der Waals surface area contributed by atoms with Gasteiger partial charge in [0.1, 0.15) is 0 Å². The molecule has 2 heterocycles. The van der Waals surface area contributed by atoms with E-state index in [9.17, 15) is 13.2 Å². The Morgan fingerprint density at radius 3 is 2.64 bits per heavy atom. The number of benzene rings is 1. The molecule has 1 amide bonds. The van der Waals surface area contributed by atoms with E-state index in [4.69, 9.17) is 0 Å². The van der Waals surface area contributed by atoms with Crippen LogP contribution < -0.4 is 5.32 Å². The van der Waals surface area contributed by atoms with Gasteiger partial charge >= 0.3 is 0 Å². The molecule has 0 spiro atoms. The van der Waals surface area contributed by atoms with E-state index in [0.29, 0.717) is 25.2 Å². The van der Waals surface area contributed by atoms with Crippen LogP contribution in [-0.4, -0.2) is 62.3 Å². The molecule has 0 saturated carbocycles. The first kappa shape index (κ1) is 18.1. The summed E-state index contributed by atoms with van der Waals surface area (Å²) in [6.07, 6.45) is 3.83. The van der Waals surface area contributed by atoms with Gasteiger partial charge in [-0.3, -0.25) is 4.79 Å². The van der Waals surface area contributed by atoms with Crippen molar-refractivity contribution in [1.29, 1.82) is 0 Å². The Hall–Kier alpha value is -1.70. The molecule has 0 aliphatic carbocycles. The van der Waals surface area contributed by atoms with Crippen molar-refractivity contribution in [2.24, 2.45) is 5.92 Å². The van der Waals surface area contributed by atoms with E-state index in [2.05, 4.69) is 5.32 Å². The molecule has 0 aromatic heterocycles. The molecule has 2 aliphatic heterocycles. The molecule has 3 rings (SSSR count). The van der Waals surface area contributed by atoms with Gasteiger partial charge in [0.15, 0.2) is 0 Å². The van der Waals surface area contributed by atoms with Crippen LogP contribution in [0, 0.1) is 5.92 Å². The molecule has 25 heavy (non-hydrogen) atoms. The van der Waals surface area contributed by atoms with E-state index in [1.54, 1.807) is 23.1 Å². The van der Waals surface area contributed by atoms with E-state index in [1.807, 2.05) is 26.0 Å². The molecule has 1 fully saturated rings. The van der Waals surface area contributed by atoms with Crippen molar-refractivity contribution in [2.45, 2.75) is 24.8 Å². The molecular weight excluding hydrogens is 338 g/mol. The number of hydrogen-bond acceptors (Lipinski definition) is 4. The third kappa shape index (κ3) is 3.63. The molecule has 1 atom stereocenters. The first-order valence-electron chi connectivity index (χ1n) is 8.70. The standard InChI is InChI=1S/C18H25N3O3S/c1-14(2)17-7-4-10-21(17)25(23,24)16-6-3-5-15(13-16)18(22)20-11-8-19-9-12-20/h3-7,13-14,17,19H,8-12H2,1-2H3/t17-/m1/s1. The quantitative estimate of drug-likeness (QED) is 0.819. The van der Waals surface area contributed by atoms with Crippen LogP contribution in [0.25, 0.3) is 0 Å². The zero-order valence-electron chi connectivity index (χ0n) is 14.7. The molecule has 2 aliphatic rings. The van der Waals surface area contributed by atoms with Crippen LogP contribution in [-0.2, 0) is 10.0 Å². The van der Waals surface area contributed by atoms with Crippen molar-refractivity contribution in [1.82, 2.24) is 14.5 Å². The molecule has 0 bridgehead atoms. The minimum Gasteiger partial charge on any atom is -0.336 e. The molecule has 136 valence electrons. The zero-order valence-corrected chi connectivity index (χ0v) is 15.5. The molecule has 7 heteroatoms. The van der Waals surface area contributed by atoms with Crippen LogP contribution in [0.15, 0.2) is 41.3 Å². The maximum absolute atomic E-state index is 13.1. The van der Waals surface area contributed by atoms with E-state index in [0.717, 1.165) is 13.1 Å². The highest BCUT2D eigenvalue weighted by Crippen LogP contribution is 2.26. The molecule has 1 N–H and O–H groups in total. The lowest BCUT2D eigenvalue weighted by molar-refractivity contribution is 0.0735. The number of carbonyl (C=O) groups excluding carboxylic acids is 1. The second-order valence-electron chi connectivity index (χ2n) is 6.81. The summed E-state index contributed by atoms with van der Waals surface area (Å²) in [5.41, 5.74) is 0.427. The summed E-state index contributed by atoms with van der Waals surface area (Å²) in [7, 11) is -3.63. The molecule has 1 aromatic carbocycles. The van der Waals surface area contributed by atoms with Gasteiger partial charge in [0, 0.05) is 44.3 Å². The SMILES string of the molecule is CC(C)[C@H]1C=CCN1S(=O)(=O)c1cccc(C(=O)N2CCNCC2)c1. The highest BCUT2D eigenvalue weighted by atomic mass is 32.2. The third-order valence-corrected chi connectivity index (χ3v) is 6.59. The lowest BCUT2D eigenvalue weighted by atomic mass is 10.1. The average molecular weight is 363 g/mol. The fourth-order valence-corrected chi connectivity index (χ4v) is 5.02. The van der Waals surface area contributed by atoms with Crippen LogP contribution in [0.3, 0.4) is 0 Å². The number of sulfonamides is 1. The summed E-state index contributed by atoms with van der Waals surface area (Å²) in [5, 5.41) is 3.21. The molecular formula is C18H25N3O3S. The van der Waals surface area contributed by atoms with Gasteiger partial charge in [0.2, 0.25) is 10.0 Å². The molecule has 0 radical (unpaired) electrons. The largest absolute Gasteiger partial charge is 0.336 e. The van der Waals surface area contributed by atoms with E-state index in [1.165, 1.54) is 10.4 Å². The Kier molecular flexibility index (Phi) is 5.27. The average Bonchev–Trinajstić information content (AvgIpc) is 3.13. The number of hydrogen-bond donors (Lipinski definition) is 1. The van der Waals surface area contributed by atoms with Crippen LogP contribution in [0.1, 0.15) is 24.2 Å². The second-order valence-corrected chi connectivity index (χ2v) is 8.70. The second kappa shape index (κ2) is 7.27. The van der Waals surface area contributed by atoms with E-state index >= 15 is 0 Å². The zero-order chi connectivity index (χ0) is 18.0. The predicted octanol–water partition coefficient (Wildman–Crippen LogP) is 1.32. The normalized spacial score (nSPS) is 21.9. The summed E-state index contributed by atoms with van der Waals surface area (Å²) in [6, 6.07) is 6.27. The van der Waals surface area contributed by atoms with Crippen molar-refractivity contribution in [3.05, 3.63) is 42.0 Å². The predicted molar refractivity (Wildman–Crippen MR) is 96.9 cm³/mol. The van der Waals surface area contributed by atoms with Gasteiger partial charge in [-0.15, -0.1) is 0 Å². The number of nitrogens with zero attached hydrogens (tertiary/aromatic N) is 2. The lowest BCUT2D eigenvalue weighted by Gasteiger charge is -2.28. The Bertz CT molecular complexity index is 768. The Balaban J connectivity index is 1.86. The van der Waals surface area contributed by atoms with Gasteiger partial charge < -0.3 is 10.2 Å². The number of rotatable bonds is 4. The van der Waals surface area contributed by atoms with Gasteiger partial charge in [-0.2, -0.15) is 4.31 Å². The summed E-state index contributed by atoms with van der Waals surface area (Å²) < 4.78 is 27.6. The summed E-state index contributed by atoms with van der Waals surface area (Å²) in [5.74, 6) is 0.0812. The van der Waals surface area contributed by atoms with Crippen LogP contribution in [0.2, 0.25) is 0 Å². The number of nitrogens with one attached hydrogen (secondary N) is 1. The van der Waals surface area contributed by atoms with Gasteiger partial charge in [0.05, 0.1) is 4.90 Å². The van der Waals surface area contributed by atoms with Crippen molar-refractivity contribution >= 4 is 15.9 Å². The van der Waals surface area contributed by atoms with Crippen molar-refractivity contribution in [2.75, 3.05) is 32.7 Å². The van der Waals surface area contributed by atoms with Crippen LogP contribution in [0.5, 0.6) is 0 Å². The van der Waals surface area contributed by atoms with Crippen LogP contribution >= 0.6 is 0 Å². The fraction of sp³-hybridized carbons (Fsp3) is 0.500. The number of amides is 1. The van der Waals surface area contributed by atoms with Gasteiger partial charge in [-0.1, -0.05) is 32.1 Å². The van der Waals surface area contributed by atoms with E-state index in [-0.39, 0.29) is 22.8 Å². The third-order valence-electron chi connectivity index (χ3n) is 4.73. The molecule has 1 saturated heterocycles. The molecule has 1 aromatic rings.